The smallest absolute Gasteiger partial charge is 0.323 e. The molecule has 1 aromatic rings. The second-order valence-corrected chi connectivity index (χ2v) is 5.13. The number of amides is 1. The van der Waals surface area contributed by atoms with Crippen molar-refractivity contribution >= 4 is 17.6 Å². The van der Waals surface area contributed by atoms with Gasteiger partial charge in [-0.1, -0.05) is 18.2 Å². The van der Waals surface area contributed by atoms with Crippen LogP contribution in [-0.2, 0) is 9.59 Å². The molecule has 1 aliphatic rings. The third-order valence-electron chi connectivity index (χ3n) is 3.52. The van der Waals surface area contributed by atoms with Crippen LogP contribution < -0.4 is 10.2 Å². The van der Waals surface area contributed by atoms with E-state index in [0.29, 0.717) is 18.0 Å². The minimum absolute atomic E-state index is 0.118. The Morgan fingerprint density at radius 3 is 2.65 bits per heavy atom. The number of nitrogens with zero attached hydrogens (tertiary/aromatic N) is 1. The fourth-order valence-corrected chi connectivity index (χ4v) is 2.52. The Balaban J connectivity index is 2.05. The van der Waals surface area contributed by atoms with Gasteiger partial charge >= 0.3 is 5.97 Å². The molecule has 20 heavy (non-hydrogen) atoms. The molecule has 1 unspecified atom stereocenters. The minimum Gasteiger partial charge on any atom is -0.480 e. The summed E-state index contributed by atoms with van der Waals surface area (Å²) in [5.41, 5.74) is 0.642. The summed E-state index contributed by atoms with van der Waals surface area (Å²) in [7, 11) is 0. The summed E-state index contributed by atoms with van der Waals surface area (Å²) in [6.07, 6.45) is 2.49. The van der Waals surface area contributed by atoms with Gasteiger partial charge in [-0.3, -0.25) is 9.59 Å². The van der Waals surface area contributed by atoms with Crippen LogP contribution in [0.25, 0.3) is 0 Å². The van der Waals surface area contributed by atoms with Crippen LogP contribution in [0.1, 0.15) is 19.3 Å². The van der Waals surface area contributed by atoms with Crippen molar-refractivity contribution in [1.29, 1.82) is 0 Å². The van der Waals surface area contributed by atoms with Gasteiger partial charge in [0.25, 0.3) is 0 Å². The SMILES string of the molecule is O=C(O)CN(C(=O)CC1CCCNC1)c1ccccc1. The van der Waals surface area contributed by atoms with E-state index in [-0.39, 0.29) is 12.5 Å². The second-order valence-electron chi connectivity index (χ2n) is 5.13. The number of carboxylic acids is 1. The minimum atomic E-state index is -0.996. The maximum Gasteiger partial charge on any atom is 0.323 e. The summed E-state index contributed by atoms with van der Waals surface area (Å²) in [5.74, 6) is -0.812. The molecule has 1 aliphatic heterocycles. The van der Waals surface area contributed by atoms with Gasteiger partial charge in [-0.25, -0.2) is 0 Å². The first kappa shape index (κ1) is 14.5. The Kier molecular flexibility index (Phi) is 5.12. The van der Waals surface area contributed by atoms with Crippen molar-refractivity contribution in [2.45, 2.75) is 19.3 Å². The van der Waals surface area contributed by atoms with Crippen molar-refractivity contribution in [3.05, 3.63) is 30.3 Å². The zero-order valence-electron chi connectivity index (χ0n) is 11.4. The molecule has 0 aromatic heterocycles. The van der Waals surface area contributed by atoms with E-state index in [2.05, 4.69) is 5.32 Å². The molecule has 2 rings (SSSR count). The molecule has 1 heterocycles. The molecular formula is C15H20N2O3. The molecule has 1 aromatic carbocycles. The average Bonchev–Trinajstić information content (AvgIpc) is 2.46. The van der Waals surface area contributed by atoms with E-state index in [4.69, 9.17) is 5.11 Å². The first-order valence-electron chi connectivity index (χ1n) is 6.94. The van der Waals surface area contributed by atoms with Gasteiger partial charge in [-0.15, -0.1) is 0 Å². The molecule has 0 saturated carbocycles. The number of rotatable bonds is 5. The van der Waals surface area contributed by atoms with Crippen LogP contribution in [0.5, 0.6) is 0 Å². The number of anilines is 1. The number of piperidine rings is 1. The summed E-state index contributed by atoms with van der Waals surface area (Å²) in [5, 5.41) is 12.3. The van der Waals surface area contributed by atoms with Gasteiger partial charge < -0.3 is 15.3 Å². The molecule has 0 bridgehead atoms. The monoisotopic (exact) mass is 276 g/mol. The van der Waals surface area contributed by atoms with Gasteiger partial charge in [0.2, 0.25) is 5.91 Å². The third kappa shape index (κ3) is 4.06. The van der Waals surface area contributed by atoms with Gasteiger partial charge in [0.1, 0.15) is 6.54 Å². The lowest BCUT2D eigenvalue weighted by Gasteiger charge is -2.26. The lowest BCUT2D eigenvalue weighted by atomic mass is 9.95. The zero-order chi connectivity index (χ0) is 14.4. The predicted octanol–water partition coefficient (Wildman–Crippen LogP) is 1.49. The maximum absolute atomic E-state index is 12.4. The van der Waals surface area contributed by atoms with Crippen LogP contribution in [0.3, 0.4) is 0 Å². The predicted molar refractivity (Wildman–Crippen MR) is 76.6 cm³/mol. The molecule has 0 aliphatic carbocycles. The van der Waals surface area contributed by atoms with Crippen molar-refractivity contribution in [3.8, 4) is 0 Å². The van der Waals surface area contributed by atoms with Gasteiger partial charge in [-0.2, -0.15) is 0 Å². The average molecular weight is 276 g/mol. The van der Waals surface area contributed by atoms with E-state index in [0.717, 1.165) is 25.9 Å². The van der Waals surface area contributed by atoms with Crippen molar-refractivity contribution in [2.75, 3.05) is 24.5 Å². The second kappa shape index (κ2) is 7.05. The lowest BCUT2D eigenvalue weighted by Crippen LogP contribution is -2.39. The molecule has 1 saturated heterocycles. The molecule has 2 N–H and O–H groups in total. The summed E-state index contributed by atoms with van der Waals surface area (Å²) in [6, 6.07) is 8.98. The van der Waals surface area contributed by atoms with Gasteiger partial charge in [0.05, 0.1) is 0 Å². The first-order valence-corrected chi connectivity index (χ1v) is 6.94. The molecule has 0 spiro atoms. The van der Waals surface area contributed by atoms with E-state index in [9.17, 15) is 9.59 Å². The summed E-state index contributed by atoms with van der Waals surface area (Å²) >= 11 is 0. The van der Waals surface area contributed by atoms with Crippen molar-refractivity contribution in [2.24, 2.45) is 5.92 Å². The normalized spacial score (nSPS) is 18.5. The van der Waals surface area contributed by atoms with Crippen molar-refractivity contribution in [3.63, 3.8) is 0 Å². The standard InChI is InChI=1S/C15H20N2O3/c18-14(9-12-5-4-8-16-10-12)17(11-15(19)20)13-6-2-1-3-7-13/h1-3,6-7,12,16H,4-5,8-11H2,(H,19,20). The van der Waals surface area contributed by atoms with E-state index in [1.54, 1.807) is 24.3 Å². The van der Waals surface area contributed by atoms with Gasteiger partial charge in [0, 0.05) is 12.1 Å². The van der Waals surface area contributed by atoms with Gasteiger partial charge in [0.15, 0.2) is 0 Å². The molecule has 0 radical (unpaired) electrons. The fourth-order valence-electron chi connectivity index (χ4n) is 2.52. The highest BCUT2D eigenvalue weighted by Gasteiger charge is 2.23. The number of carbonyl (C=O) groups is 2. The topological polar surface area (TPSA) is 69.6 Å². The lowest BCUT2D eigenvalue weighted by molar-refractivity contribution is -0.136. The summed E-state index contributed by atoms with van der Waals surface area (Å²) in [6.45, 7) is 1.55. The van der Waals surface area contributed by atoms with Crippen LogP contribution in [-0.4, -0.2) is 36.6 Å². The number of hydrogen-bond acceptors (Lipinski definition) is 3. The summed E-state index contributed by atoms with van der Waals surface area (Å²) < 4.78 is 0. The number of carboxylic acid groups (broad SMARTS) is 1. The zero-order valence-corrected chi connectivity index (χ0v) is 11.4. The van der Waals surface area contributed by atoms with Crippen LogP contribution in [0.4, 0.5) is 5.69 Å². The molecule has 1 atom stereocenters. The fraction of sp³-hybridized carbons (Fsp3) is 0.467. The molecule has 108 valence electrons. The largest absolute Gasteiger partial charge is 0.480 e. The van der Waals surface area contributed by atoms with E-state index >= 15 is 0 Å². The van der Waals surface area contributed by atoms with Crippen LogP contribution in [0.15, 0.2) is 30.3 Å². The first-order chi connectivity index (χ1) is 9.66. The number of para-hydroxylation sites is 1. The molecule has 5 heteroatoms. The van der Waals surface area contributed by atoms with Crippen molar-refractivity contribution in [1.82, 2.24) is 5.32 Å². The quantitative estimate of drug-likeness (QED) is 0.855. The number of benzene rings is 1. The maximum atomic E-state index is 12.4. The van der Waals surface area contributed by atoms with E-state index < -0.39 is 5.97 Å². The third-order valence-corrected chi connectivity index (χ3v) is 3.52. The number of carbonyl (C=O) groups excluding carboxylic acids is 1. The van der Waals surface area contributed by atoms with Crippen LogP contribution in [0, 0.1) is 5.92 Å². The van der Waals surface area contributed by atoms with Gasteiger partial charge in [-0.05, 0) is 44.0 Å². The highest BCUT2D eigenvalue weighted by molar-refractivity contribution is 5.97. The molecule has 1 fully saturated rings. The number of nitrogens with one attached hydrogen (secondary N) is 1. The number of hydrogen-bond donors (Lipinski definition) is 2. The Morgan fingerprint density at radius 1 is 1.30 bits per heavy atom. The van der Waals surface area contributed by atoms with Crippen LogP contribution in [0.2, 0.25) is 0 Å². The Labute approximate surface area is 118 Å². The van der Waals surface area contributed by atoms with Crippen molar-refractivity contribution < 1.29 is 14.7 Å². The van der Waals surface area contributed by atoms with E-state index in [1.807, 2.05) is 6.07 Å². The Hall–Kier alpha value is -1.88. The van der Waals surface area contributed by atoms with Crippen LogP contribution >= 0.6 is 0 Å². The Bertz CT molecular complexity index is 455. The van der Waals surface area contributed by atoms with E-state index in [1.165, 1.54) is 4.90 Å². The highest BCUT2D eigenvalue weighted by Crippen LogP contribution is 2.19. The molecule has 5 nitrogen and oxygen atoms in total. The summed E-state index contributed by atoms with van der Waals surface area (Å²) in [4.78, 5) is 24.7. The highest BCUT2D eigenvalue weighted by atomic mass is 16.4. The molecular weight excluding hydrogens is 256 g/mol. The molecule has 1 amide bonds. The number of aliphatic carboxylic acids is 1. The Morgan fingerprint density at radius 2 is 2.05 bits per heavy atom.